The predicted octanol–water partition coefficient (Wildman–Crippen LogP) is 8.73. The number of rotatable bonds is 11. The lowest BCUT2D eigenvalue weighted by Gasteiger charge is -2.36. The first-order chi connectivity index (χ1) is 32.8. The van der Waals surface area contributed by atoms with Crippen LogP contribution in [0.3, 0.4) is 0 Å². The predicted molar refractivity (Wildman–Crippen MR) is 260 cm³/mol. The van der Waals surface area contributed by atoms with Gasteiger partial charge in [-0.2, -0.15) is 5.26 Å². The van der Waals surface area contributed by atoms with Crippen molar-refractivity contribution < 1.29 is 28.6 Å². The largest absolute Gasteiger partial charge is 0.508 e. The minimum absolute atomic E-state index is 0.00580. The Labute approximate surface area is 397 Å². The van der Waals surface area contributed by atoms with Gasteiger partial charge >= 0.3 is 0 Å². The SMILES string of the molecule is Cc1c(N(C(=O)c2cc(-c3cc4c(cc3C(=O)N3Cc5ccccc5C[C@H]3C)CN(C(=O)Cc3ccc(OCCN5CCC(F)CC5)cc3)CC4)n(C)c2C)c2ccc(O)cc2)cc(C#N)n1C. The highest BCUT2D eigenvalue weighted by Crippen LogP contribution is 2.38. The molecule has 3 aliphatic heterocycles. The minimum Gasteiger partial charge on any atom is -0.508 e. The second-order valence-corrected chi connectivity index (χ2v) is 18.6. The molecule has 1 N–H and O–H groups in total. The number of nitrogens with zero attached hydrogens (tertiary/aromatic N) is 7. The smallest absolute Gasteiger partial charge is 0.264 e. The van der Waals surface area contributed by atoms with Crippen molar-refractivity contribution in [1.82, 2.24) is 23.8 Å². The second-order valence-electron chi connectivity index (χ2n) is 18.6. The van der Waals surface area contributed by atoms with Gasteiger partial charge in [0.15, 0.2) is 0 Å². The van der Waals surface area contributed by atoms with Crippen LogP contribution in [0, 0.1) is 25.2 Å². The van der Waals surface area contributed by atoms with E-state index in [-0.39, 0.29) is 35.9 Å². The average Bonchev–Trinajstić information content (AvgIpc) is 3.80. The number of aromatic hydroxyl groups is 1. The quantitative estimate of drug-likeness (QED) is 0.138. The van der Waals surface area contributed by atoms with E-state index in [4.69, 9.17) is 4.74 Å². The average molecular weight is 916 g/mol. The Bertz CT molecular complexity index is 2920. The molecule has 12 nitrogen and oxygen atoms in total. The molecule has 0 saturated carbocycles. The molecule has 1 saturated heterocycles. The number of anilines is 2. The first-order valence-corrected chi connectivity index (χ1v) is 23.5. The van der Waals surface area contributed by atoms with E-state index in [0.29, 0.717) is 96.3 Å². The van der Waals surface area contributed by atoms with Crippen molar-refractivity contribution in [1.29, 1.82) is 5.26 Å². The van der Waals surface area contributed by atoms with Crippen LogP contribution in [0.15, 0.2) is 97.1 Å². The van der Waals surface area contributed by atoms with Gasteiger partial charge in [0.1, 0.15) is 36.0 Å². The number of carbonyl (C=O) groups is 3. The number of alkyl halides is 1. The lowest BCUT2D eigenvalue weighted by atomic mass is 9.89. The normalized spacial score (nSPS) is 16.2. The summed E-state index contributed by atoms with van der Waals surface area (Å²) in [7, 11) is 3.69. The molecule has 0 spiro atoms. The second kappa shape index (κ2) is 19.2. The number of phenols is 1. The van der Waals surface area contributed by atoms with E-state index >= 15 is 9.59 Å². The van der Waals surface area contributed by atoms with Gasteiger partial charge in [0.2, 0.25) is 5.91 Å². The number of amides is 3. The fourth-order valence-corrected chi connectivity index (χ4v) is 10.0. The van der Waals surface area contributed by atoms with Crippen molar-refractivity contribution in [3.63, 3.8) is 0 Å². The summed E-state index contributed by atoms with van der Waals surface area (Å²) < 4.78 is 23.2. The Morgan fingerprint density at radius 3 is 2.25 bits per heavy atom. The molecule has 350 valence electrons. The summed E-state index contributed by atoms with van der Waals surface area (Å²) in [5.41, 5.74) is 10.3. The van der Waals surface area contributed by atoms with Crippen molar-refractivity contribution in [3.05, 3.63) is 153 Å². The molecule has 1 atom stereocenters. The molecule has 68 heavy (non-hydrogen) atoms. The molecule has 3 amide bonds. The molecule has 2 aromatic heterocycles. The maximum Gasteiger partial charge on any atom is 0.264 e. The molecular weight excluding hydrogens is 858 g/mol. The van der Waals surface area contributed by atoms with Crippen molar-refractivity contribution in [3.8, 4) is 28.8 Å². The number of hydrogen-bond donors (Lipinski definition) is 1. The van der Waals surface area contributed by atoms with Gasteiger partial charge in [0.05, 0.1) is 17.7 Å². The summed E-state index contributed by atoms with van der Waals surface area (Å²) in [4.78, 5) is 51.8. The lowest BCUT2D eigenvalue weighted by molar-refractivity contribution is -0.131. The summed E-state index contributed by atoms with van der Waals surface area (Å²) in [6.07, 6.45) is 1.98. The van der Waals surface area contributed by atoms with E-state index in [2.05, 4.69) is 36.1 Å². The highest BCUT2D eigenvalue weighted by molar-refractivity contribution is 6.13. The zero-order chi connectivity index (χ0) is 47.8. The van der Waals surface area contributed by atoms with Crippen LogP contribution < -0.4 is 9.64 Å². The summed E-state index contributed by atoms with van der Waals surface area (Å²) in [6.45, 7) is 9.90. The van der Waals surface area contributed by atoms with Gasteiger partial charge in [-0.3, -0.25) is 24.2 Å². The third kappa shape index (κ3) is 9.13. The minimum atomic E-state index is -0.702. The number of halogens is 1. The molecule has 9 rings (SSSR count). The Hall–Kier alpha value is -7.17. The Balaban J connectivity index is 1.01. The highest BCUT2D eigenvalue weighted by Gasteiger charge is 2.34. The van der Waals surface area contributed by atoms with Crippen LogP contribution in [0.4, 0.5) is 15.8 Å². The summed E-state index contributed by atoms with van der Waals surface area (Å²) >= 11 is 0. The van der Waals surface area contributed by atoms with E-state index in [1.165, 1.54) is 17.7 Å². The number of ether oxygens (including phenoxy) is 1. The fraction of sp³-hybridized carbons (Fsp3) is 0.345. The van der Waals surface area contributed by atoms with E-state index < -0.39 is 6.17 Å². The molecule has 0 bridgehead atoms. The number of benzene rings is 4. The van der Waals surface area contributed by atoms with Gasteiger partial charge in [-0.15, -0.1) is 0 Å². The van der Waals surface area contributed by atoms with E-state index in [0.717, 1.165) is 54.1 Å². The number of hydrogen-bond acceptors (Lipinski definition) is 7. The van der Waals surface area contributed by atoms with Gasteiger partial charge in [0.25, 0.3) is 11.8 Å². The van der Waals surface area contributed by atoms with E-state index in [1.54, 1.807) is 34.7 Å². The Kier molecular flexibility index (Phi) is 13.0. The number of nitriles is 1. The third-order valence-corrected chi connectivity index (χ3v) is 14.4. The molecule has 0 aliphatic carbocycles. The Morgan fingerprint density at radius 1 is 0.824 bits per heavy atom. The first-order valence-electron chi connectivity index (χ1n) is 23.5. The number of phenolic OH excluding ortho intramolecular Hbond substituents is 1. The lowest BCUT2D eigenvalue weighted by Crippen LogP contribution is -2.43. The molecular formula is C55H58FN7O5. The van der Waals surface area contributed by atoms with Crippen LogP contribution in [-0.4, -0.2) is 91.7 Å². The first kappa shape index (κ1) is 46.0. The molecule has 4 aromatic carbocycles. The maximum atomic E-state index is 15.2. The Morgan fingerprint density at radius 2 is 1.54 bits per heavy atom. The molecule has 0 unspecified atom stereocenters. The standard InChI is InChI=1S/C55H58FN7O5/c1-35-26-39-8-6-7-9-41(39)34-62(35)54(66)50-29-42-33-61(53(65)27-38-10-16-47(17-11-38)68-25-24-60-21-19-43(56)20-22-60)23-18-40(42)28-49(50)52-31-48(36(2)59(52)5)55(67)63(44-12-14-46(64)15-13-44)51-30-45(32-57)58(4)37(51)3/h6-17,28-31,35,43,64H,18-27,33-34H2,1-5H3/t35-/m1/s1. The fourth-order valence-electron chi connectivity index (χ4n) is 10.0. The zero-order valence-corrected chi connectivity index (χ0v) is 39.5. The van der Waals surface area contributed by atoms with Crippen LogP contribution in [0.25, 0.3) is 11.3 Å². The van der Waals surface area contributed by atoms with Gasteiger partial charge in [-0.1, -0.05) is 36.4 Å². The van der Waals surface area contributed by atoms with E-state index in [1.807, 2.05) is 83.8 Å². The van der Waals surface area contributed by atoms with Crippen LogP contribution in [0.1, 0.15) is 85.4 Å². The molecule has 3 aliphatic rings. The van der Waals surface area contributed by atoms with Gasteiger partial charge in [0, 0.05) is 93.3 Å². The number of piperidine rings is 1. The van der Waals surface area contributed by atoms with Crippen molar-refractivity contribution >= 4 is 29.1 Å². The van der Waals surface area contributed by atoms with E-state index in [9.17, 15) is 19.6 Å². The van der Waals surface area contributed by atoms with Crippen LogP contribution in [0.5, 0.6) is 11.5 Å². The molecule has 13 heteroatoms. The number of carbonyl (C=O) groups excluding carboxylic acids is 3. The zero-order valence-electron chi connectivity index (χ0n) is 39.5. The maximum absolute atomic E-state index is 15.2. The van der Waals surface area contributed by atoms with Gasteiger partial charge < -0.3 is 28.8 Å². The van der Waals surface area contributed by atoms with Crippen LogP contribution in [0.2, 0.25) is 0 Å². The molecule has 5 heterocycles. The summed E-state index contributed by atoms with van der Waals surface area (Å²) in [5, 5.41) is 20.1. The summed E-state index contributed by atoms with van der Waals surface area (Å²) in [6, 6.07) is 32.0. The molecule has 1 fully saturated rings. The number of fused-ring (bicyclic) bond motifs is 2. The molecule has 6 aromatic rings. The van der Waals surface area contributed by atoms with Crippen LogP contribution >= 0.6 is 0 Å². The van der Waals surface area contributed by atoms with Gasteiger partial charge in [-0.05, 0) is 135 Å². The monoisotopic (exact) mass is 915 g/mol. The number of aromatic nitrogens is 2. The van der Waals surface area contributed by atoms with Gasteiger partial charge in [-0.25, -0.2) is 4.39 Å². The van der Waals surface area contributed by atoms with Crippen molar-refractivity contribution in [2.75, 3.05) is 37.7 Å². The third-order valence-electron chi connectivity index (χ3n) is 14.4. The molecule has 0 radical (unpaired) electrons. The number of likely N-dealkylation sites (tertiary alicyclic amines) is 1. The topological polar surface area (TPSA) is 127 Å². The van der Waals surface area contributed by atoms with Crippen LogP contribution in [-0.2, 0) is 51.2 Å². The van der Waals surface area contributed by atoms with Crippen molar-refractivity contribution in [2.45, 2.75) is 78.2 Å². The summed E-state index contributed by atoms with van der Waals surface area (Å²) in [5.74, 6) is 0.327. The van der Waals surface area contributed by atoms with Crippen molar-refractivity contribution in [2.24, 2.45) is 14.1 Å². The highest BCUT2D eigenvalue weighted by atomic mass is 19.1.